The quantitative estimate of drug-likeness (QED) is 0.775. The van der Waals surface area contributed by atoms with Gasteiger partial charge in [0.05, 0.1) is 6.04 Å². The largest absolute Gasteiger partial charge is 0.459 e. The summed E-state index contributed by atoms with van der Waals surface area (Å²) in [5.41, 5.74) is 2.24. The maximum Gasteiger partial charge on any atom is 0.134 e. The normalized spacial score (nSPS) is 12.6. The summed E-state index contributed by atoms with van der Waals surface area (Å²) in [7, 11) is 0. The first-order valence-electron chi connectivity index (χ1n) is 7.25. The van der Waals surface area contributed by atoms with Crippen molar-refractivity contribution in [3.8, 4) is 11.3 Å². The molecule has 1 heterocycles. The van der Waals surface area contributed by atoms with Crippen LogP contribution in [0.15, 0.2) is 34.7 Å². The molecule has 1 aromatic carbocycles. The predicted octanol–water partition coefficient (Wildman–Crippen LogP) is 5.36. The minimum atomic E-state index is 0.288. The maximum atomic E-state index is 6.03. The Bertz CT molecular complexity index is 562. The highest BCUT2D eigenvalue weighted by Crippen LogP contribution is 2.30. The average Bonchev–Trinajstić information content (AvgIpc) is 2.89. The van der Waals surface area contributed by atoms with Gasteiger partial charge in [-0.2, -0.15) is 0 Å². The molecule has 20 heavy (non-hydrogen) atoms. The van der Waals surface area contributed by atoms with Gasteiger partial charge in [0.1, 0.15) is 11.5 Å². The lowest BCUT2D eigenvalue weighted by molar-refractivity contribution is 0.411. The Morgan fingerprint density at radius 1 is 1.20 bits per heavy atom. The Morgan fingerprint density at radius 3 is 2.65 bits per heavy atom. The Morgan fingerprint density at radius 2 is 2.00 bits per heavy atom. The van der Waals surface area contributed by atoms with Gasteiger partial charge in [-0.15, -0.1) is 0 Å². The lowest BCUT2D eigenvalue weighted by Crippen LogP contribution is -2.20. The molecular formula is C17H22ClNO. The highest BCUT2D eigenvalue weighted by molar-refractivity contribution is 6.30. The van der Waals surface area contributed by atoms with Crippen LogP contribution in [0.1, 0.15) is 44.1 Å². The second-order valence-electron chi connectivity index (χ2n) is 5.08. The molecule has 0 spiro atoms. The molecule has 1 N–H and O–H groups in total. The third kappa shape index (κ3) is 3.44. The van der Waals surface area contributed by atoms with Gasteiger partial charge in [0, 0.05) is 10.6 Å². The first-order chi connectivity index (χ1) is 9.65. The van der Waals surface area contributed by atoms with Gasteiger partial charge < -0.3 is 9.73 Å². The third-order valence-corrected chi connectivity index (χ3v) is 3.71. The van der Waals surface area contributed by atoms with Gasteiger partial charge in [0.25, 0.3) is 0 Å². The second-order valence-corrected chi connectivity index (χ2v) is 5.51. The van der Waals surface area contributed by atoms with Crippen LogP contribution >= 0.6 is 11.6 Å². The van der Waals surface area contributed by atoms with Crippen LogP contribution in [0.2, 0.25) is 5.02 Å². The van der Waals surface area contributed by atoms with Gasteiger partial charge in [-0.1, -0.05) is 25.4 Å². The SMILES string of the molecule is CCCNC(CC)c1ccc(-c2ccc(Cl)cc2C)o1. The molecule has 1 aromatic heterocycles. The number of hydrogen-bond donors (Lipinski definition) is 1. The van der Waals surface area contributed by atoms with Crippen molar-refractivity contribution in [1.82, 2.24) is 5.32 Å². The lowest BCUT2D eigenvalue weighted by Gasteiger charge is -2.13. The van der Waals surface area contributed by atoms with E-state index in [1.807, 2.05) is 24.3 Å². The molecule has 0 saturated carbocycles. The smallest absolute Gasteiger partial charge is 0.134 e. The highest BCUT2D eigenvalue weighted by Gasteiger charge is 2.14. The van der Waals surface area contributed by atoms with E-state index < -0.39 is 0 Å². The summed E-state index contributed by atoms with van der Waals surface area (Å²) in [6, 6.07) is 10.3. The van der Waals surface area contributed by atoms with E-state index in [9.17, 15) is 0 Å². The molecule has 0 aliphatic carbocycles. The van der Waals surface area contributed by atoms with Crippen LogP contribution in [0.25, 0.3) is 11.3 Å². The zero-order chi connectivity index (χ0) is 14.5. The van der Waals surface area contributed by atoms with Gasteiger partial charge in [0.2, 0.25) is 0 Å². The van der Waals surface area contributed by atoms with Gasteiger partial charge in [-0.05, 0) is 62.2 Å². The molecule has 0 saturated heterocycles. The molecule has 0 aliphatic rings. The topological polar surface area (TPSA) is 25.2 Å². The van der Waals surface area contributed by atoms with Crippen LogP contribution in [0.3, 0.4) is 0 Å². The van der Waals surface area contributed by atoms with E-state index in [-0.39, 0.29) is 6.04 Å². The maximum absolute atomic E-state index is 6.03. The number of furan rings is 1. The Balaban J connectivity index is 2.23. The van der Waals surface area contributed by atoms with Crippen LogP contribution in [0.4, 0.5) is 0 Å². The van der Waals surface area contributed by atoms with Crippen molar-refractivity contribution >= 4 is 11.6 Å². The summed E-state index contributed by atoms with van der Waals surface area (Å²) in [4.78, 5) is 0. The van der Waals surface area contributed by atoms with Crippen molar-refractivity contribution in [3.05, 3.63) is 46.7 Å². The molecule has 0 amide bonds. The first kappa shape index (κ1) is 15.1. The van der Waals surface area contributed by atoms with E-state index in [0.717, 1.165) is 47.1 Å². The molecule has 0 radical (unpaired) electrons. The third-order valence-electron chi connectivity index (χ3n) is 3.47. The molecule has 0 fully saturated rings. The van der Waals surface area contributed by atoms with Crippen molar-refractivity contribution in [2.45, 2.75) is 39.7 Å². The number of aryl methyl sites for hydroxylation is 1. The van der Waals surface area contributed by atoms with Crippen molar-refractivity contribution < 1.29 is 4.42 Å². The van der Waals surface area contributed by atoms with Gasteiger partial charge in [-0.25, -0.2) is 0 Å². The van der Waals surface area contributed by atoms with Gasteiger partial charge >= 0.3 is 0 Å². The number of benzene rings is 1. The van der Waals surface area contributed by atoms with Crippen molar-refractivity contribution in [2.75, 3.05) is 6.54 Å². The minimum Gasteiger partial charge on any atom is -0.459 e. The molecule has 0 bridgehead atoms. The van der Waals surface area contributed by atoms with Crippen LogP contribution < -0.4 is 5.32 Å². The summed E-state index contributed by atoms with van der Waals surface area (Å²) in [6.07, 6.45) is 2.15. The molecular weight excluding hydrogens is 270 g/mol. The number of halogens is 1. The molecule has 2 rings (SSSR count). The number of rotatable bonds is 6. The van der Waals surface area contributed by atoms with E-state index in [1.165, 1.54) is 0 Å². The predicted molar refractivity (Wildman–Crippen MR) is 85.2 cm³/mol. The van der Waals surface area contributed by atoms with Crippen LogP contribution in [-0.4, -0.2) is 6.54 Å². The van der Waals surface area contributed by atoms with E-state index in [4.69, 9.17) is 16.0 Å². The molecule has 2 aromatic rings. The van der Waals surface area contributed by atoms with Gasteiger partial charge in [0.15, 0.2) is 0 Å². The second kappa shape index (κ2) is 6.96. The number of nitrogens with one attached hydrogen (secondary N) is 1. The summed E-state index contributed by atoms with van der Waals surface area (Å²) >= 11 is 6.00. The van der Waals surface area contributed by atoms with Crippen molar-refractivity contribution in [3.63, 3.8) is 0 Å². The Hall–Kier alpha value is -1.25. The zero-order valence-corrected chi connectivity index (χ0v) is 13.1. The highest BCUT2D eigenvalue weighted by atomic mass is 35.5. The number of hydrogen-bond acceptors (Lipinski definition) is 2. The summed E-state index contributed by atoms with van der Waals surface area (Å²) in [5, 5.41) is 4.27. The van der Waals surface area contributed by atoms with E-state index in [2.05, 4.69) is 32.2 Å². The van der Waals surface area contributed by atoms with Crippen molar-refractivity contribution in [1.29, 1.82) is 0 Å². The standard InChI is InChI=1S/C17H22ClNO/c1-4-10-19-15(5-2)17-9-8-16(20-17)14-7-6-13(18)11-12(14)3/h6-9,11,15,19H,4-5,10H2,1-3H3. The lowest BCUT2D eigenvalue weighted by atomic mass is 10.1. The molecule has 1 atom stereocenters. The monoisotopic (exact) mass is 291 g/mol. The molecule has 3 heteroatoms. The fourth-order valence-electron chi connectivity index (χ4n) is 2.35. The Kier molecular flexibility index (Phi) is 5.27. The average molecular weight is 292 g/mol. The molecule has 2 nitrogen and oxygen atoms in total. The fraction of sp³-hybridized carbons (Fsp3) is 0.412. The Labute approximate surface area is 126 Å². The molecule has 0 aliphatic heterocycles. The van der Waals surface area contributed by atoms with E-state index in [0.29, 0.717) is 0 Å². The molecule has 1 unspecified atom stereocenters. The summed E-state index contributed by atoms with van der Waals surface area (Å²) < 4.78 is 6.03. The van der Waals surface area contributed by atoms with E-state index >= 15 is 0 Å². The van der Waals surface area contributed by atoms with Crippen LogP contribution in [0.5, 0.6) is 0 Å². The summed E-state index contributed by atoms with van der Waals surface area (Å²) in [5.74, 6) is 1.91. The van der Waals surface area contributed by atoms with Crippen LogP contribution in [0, 0.1) is 6.92 Å². The first-order valence-corrected chi connectivity index (χ1v) is 7.63. The van der Waals surface area contributed by atoms with Crippen molar-refractivity contribution in [2.24, 2.45) is 0 Å². The zero-order valence-electron chi connectivity index (χ0n) is 12.4. The van der Waals surface area contributed by atoms with Crippen LogP contribution in [-0.2, 0) is 0 Å². The van der Waals surface area contributed by atoms with Gasteiger partial charge in [-0.3, -0.25) is 0 Å². The summed E-state index contributed by atoms with van der Waals surface area (Å²) in [6.45, 7) is 7.40. The molecule has 108 valence electrons. The van der Waals surface area contributed by atoms with E-state index in [1.54, 1.807) is 0 Å². The minimum absolute atomic E-state index is 0.288. The fourth-order valence-corrected chi connectivity index (χ4v) is 2.58.